The summed E-state index contributed by atoms with van der Waals surface area (Å²) in [6.07, 6.45) is 4.28. The monoisotopic (exact) mass is 223 g/mol. The number of carbonyl (C=O) groups is 1. The first-order valence-corrected chi connectivity index (χ1v) is 5.65. The van der Waals surface area contributed by atoms with Crippen LogP contribution in [0.3, 0.4) is 0 Å². The molecule has 1 fully saturated rings. The minimum Gasteiger partial charge on any atom is -0.398 e. The fourth-order valence-corrected chi connectivity index (χ4v) is 2.32. The first kappa shape index (κ1) is 10.5. The van der Waals surface area contributed by atoms with Crippen molar-refractivity contribution in [1.82, 2.24) is 0 Å². The Labute approximate surface area is 94.4 Å². The van der Waals surface area contributed by atoms with Crippen LogP contribution < -0.4 is 5.73 Å². The summed E-state index contributed by atoms with van der Waals surface area (Å²) >= 11 is 5.86. The largest absolute Gasteiger partial charge is 0.398 e. The van der Waals surface area contributed by atoms with Crippen LogP contribution in [-0.4, -0.2) is 5.78 Å². The number of carbonyl (C=O) groups excluding carboxylic acids is 1. The lowest BCUT2D eigenvalue weighted by molar-refractivity contribution is 0.0924. The SMILES string of the molecule is Nc1ccc(Cl)cc1C(=O)C1CCCC1. The summed E-state index contributed by atoms with van der Waals surface area (Å²) in [6, 6.07) is 5.09. The molecule has 1 aliphatic carbocycles. The van der Waals surface area contributed by atoms with Crippen molar-refractivity contribution < 1.29 is 4.79 Å². The molecule has 3 heteroatoms. The zero-order valence-electron chi connectivity index (χ0n) is 8.50. The highest BCUT2D eigenvalue weighted by Gasteiger charge is 2.25. The molecule has 0 atom stereocenters. The predicted molar refractivity (Wildman–Crippen MR) is 62.2 cm³/mol. The second kappa shape index (κ2) is 4.23. The molecule has 0 saturated heterocycles. The third-order valence-electron chi connectivity index (χ3n) is 3.01. The van der Waals surface area contributed by atoms with Crippen molar-refractivity contribution in [3.8, 4) is 0 Å². The van der Waals surface area contributed by atoms with Crippen molar-refractivity contribution in [2.24, 2.45) is 5.92 Å². The fourth-order valence-electron chi connectivity index (χ4n) is 2.15. The Morgan fingerprint density at radius 1 is 1.33 bits per heavy atom. The zero-order valence-corrected chi connectivity index (χ0v) is 9.26. The zero-order chi connectivity index (χ0) is 10.8. The number of nitrogens with two attached hydrogens (primary N) is 1. The molecule has 1 aromatic rings. The summed E-state index contributed by atoms with van der Waals surface area (Å²) in [5.41, 5.74) is 6.91. The molecule has 2 nitrogen and oxygen atoms in total. The molecule has 1 aromatic carbocycles. The van der Waals surface area contributed by atoms with E-state index in [1.165, 1.54) is 0 Å². The summed E-state index contributed by atoms with van der Waals surface area (Å²) in [6.45, 7) is 0. The van der Waals surface area contributed by atoms with Gasteiger partial charge in [-0.15, -0.1) is 0 Å². The summed E-state index contributed by atoms with van der Waals surface area (Å²) < 4.78 is 0. The lowest BCUT2D eigenvalue weighted by atomic mass is 9.95. The van der Waals surface area contributed by atoms with Gasteiger partial charge >= 0.3 is 0 Å². The Kier molecular flexibility index (Phi) is 2.96. The van der Waals surface area contributed by atoms with Crippen molar-refractivity contribution >= 4 is 23.1 Å². The molecule has 0 unspecified atom stereocenters. The minimum absolute atomic E-state index is 0.158. The van der Waals surface area contributed by atoms with E-state index in [2.05, 4.69) is 0 Å². The number of rotatable bonds is 2. The van der Waals surface area contributed by atoms with Gasteiger partial charge in [0, 0.05) is 22.2 Å². The number of nitrogen functional groups attached to an aromatic ring is 1. The number of benzene rings is 1. The van der Waals surface area contributed by atoms with Crippen molar-refractivity contribution in [2.45, 2.75) is 25.7 Å². The van der Waals surface area contributed by atoms with E-state index in [1.807, 2.05) is 0 Å². The molecular formula is C12H14ClNO. The minimum atomic E-state index is 0.158. The molecule has 1 saturated carbocycles. The maximum atomic E-state index is 12.1. The quantitative estimate of drug-likeness (QED) is 0.618. The van der Waals surface area contributed by atoms with Crippen molar-refractivity contribution in [3.05, 3.63) is 28.8 Å². The Bertz CT molecular complexity index is 383. The van der Waals surface area contributed by atoms with Crippen molar-refractivity contribution in [1.29, 1.82) is 0 Å². The van der Waals surface area contributed by atoms with Crippen LogP contribution in [0, 0.1) is 5.92 Å². The lowest BCUT2D eigenvalue weighted by Crippen LogP contribution is -2.13. The maximum Gasteiger partial charge on any atom is 0.168 e. The molecule has 80 valence electrons. The van der Waals surface area contributed by atoms with E-state index in [9.17, 15) is 4.79 Å². The van der Waals surface area contributed by atoms with E-state index in [4.69, 9.17) is 17.3 Å². The van der Waals surface area contributed by atoms with Crippen LogP contribution in [-0.2, 0) is 0 Å². The molecule has 2 rings (SSSR count). The number of hydrogen-bond acceptors (Lipinski definition) is 2. The standard InChI is InChI=1S/C12H14ClNO/c13-9-5-6-11(14)10(7-9)12(15)8-3-1-2-4-8/h5-8H,1-4,14H2. The van der Waals surface area contributed by atoms with Crippen LogP contribution in [0.25, 0.3) is 0 Å². The number of Topliss-reactive ketones (excluding diaryl/α,β-unsaturated/α-hetero) is 1. The molecular weight excluding hydrogens is 210 g/mol. The van der Waals surface area contributed by atoms with Gasteiger partial charge in [-0.05, 0) is 31.0 Å². The Morgan fingerprint density at radius 3 is 2.67 bits per heavy atom. The molecule has 0 radical (unpaired) electrons. The highest BCUT2D eigenvalue weighted by atomic mass is 35.5. The molecule has 1 aliphatic rings. The van der Waals surface area contributed by atoms with E-state index < -0.39 is 0 Å². The lowest BCUT2D eigenvalue weighted by Gasteiger charge is -2.10. The second-order valence-electron chi connectivity index (χ2n) is 4.08. The third kappa shape index (κ3) is 2.15. The smallest absolute Gasteiger partial charge is 0.168 e. The summed E-state index contributed by atoms with van der Waals surface area (Å²) in [5, 5.41) is 0.575. The average Bonchev–Trinajstić information content (AvgIpc) is 2.74. The molecule has 2 N–H and O–H groups in total. The maximum absolute atomic E-state index is 12.1. The van der Waals surface area contributed by atoms with E-state index in [1.54, 1.807) is 18.2 Å². The van der Waals surface area contributed by atoms with Crippen LogP contribution in [0.4, 0.5) is 5.69 Å². The number of anilines is 1. The first-order chi connectivity index (χ1) is 7.18. The molecule has 0 bridgehead atoms. The van der Waals surface area contributed by atoms with Crippen molar-refractivity contribution in [2.75, 3.05) is 5.73 Å². The topological polar surface area (TPSA) is 43.1 Å². The highest BCUT2D eigenvalue weighted by Crippen LogP contribution is 2.30. The van der Waals surface area contributed by atoms with Crippen LogP contribution in [0.5, 0.6) is 0 Å². The average molecular weight is 224 g/mol. The van der Waals surface area contributed by atoms with Gasteiger partial charge in [0.25, 0.3) is 0 Å². The number of halogens is 1. The van der Waals surface area contributed by atoms with Crippen LogP contribution in [0.2, 0.25) is 5.02 Å². The third-order valence-corrected chi connectivity index (χ3v) is 3.24. The summed E-state index contributed by atoms with van der Waals surface area (Å²) in [5.74, 6) is 0.318. The fraction of sp³-hybridized carbons (Fsp3) is 0.417. The predicted octanol–water partition coefficient (Wildman–Crippen LogP) is 3.30. The van der Waals surface area contributed by atoms with Crippen molar-refractivity contribution in [3.63, 3.8) is 0 Å². The summed E-state index contributed by atoms with van der Waals surface area (Å²) in [4.78, 5) is 12.1. The number of hydrogen-bond donors (Lipinski definition) is 1. The molecule has 0 heterocycles. The first-order valence-electron chi connectivity index (χ1n) is 5.27. The molecule has 0 spiro atoms. The van der Waals surface area contributed by atoms with E-state index in [0.29, 0.717) is 16.3 Å². The normalized spacial score (nSPS) is 16.9. The molecule has 15 heavy (non-hydrogen) atoms. The molecule has 0 amide bonds. The van der Waals surface area contributed by atoms with Gasteiger partial charge in [0.1, 0.15) is 0 Å². The Hall–Kier alpha value is -1.02. The number of ketones is 1. The molecule has 0 aromatic heterocycles. The van der Waals surface area contributed by atoms with Gasteiger partial charge in [0.05, 0.1) is 0 Å². The molecule has 0 aliphatic heterocycles. The van der Waals surface area contributed by atoms with Crippen LogP contribution in [0.15, 0.2) is 18.2 Å². The second-order valence-corrected chi connectivity index (χ2v) is 4.51. The van der Waals surface area contributed by atoms with E-state index in [-0.39, 0.29) is 11.7 Å². The van der Waals surface area contributed by atoms with Gasteiger partial charge in [-0.2, -0.15) is 0 Å². The Balaban J connectivity index is 2.27. The van der Waals surface area contributed by atoms with Crippen LogP contribution >= 0.6 is 11.6 Å². The van der Waals surface area contributed by atoms with Gasteiger partial charge in [-0.1, -0.05) is 24.4 Å². The Morgan fingerprint density at radius 2 is 2.00 bits per heavy atom. The van der Waals surface area contributed by atoms with E-state index >= 15 is 0 Å². The van der Waals surface area contributed by atoms with Crippen LogP contribution in [0.1, 0.15) is 36.0 Å². The highest BCUT2D eigenvalue weighted by molar-refractivity contribution is 6.31. The van der Waals surface area contributed by atoms with Gasteiger partial charge in [0.2, 0.25) is 0 Å². The van der Waals surface area contributed by atoms with Gasteiger partial charge < -0.3 is 5.73 Å². The van der Waals surface area contributed by atoms with Gasteiger partial charge in [-0.3, -0.25) is 4.79 Å². The van der Waals surface area contributed by atoms with Gasteiger partial charge in [0.15, 0.2) is 5.78 Å². The van der Waals surface area contributed by atoms with E-state index in [0.717, 1.165) is 25.7 Å². The summed E-state index contributed by atoms with van der Waals surface area (Å²) in [7, 11) is 0. The van der Waals surface area contributed by atoms with Gasteiger partial charge in [-0.25, -0.2) is 0 Å².